The summed E-state index contributed by atoms with van der Waals surface area (Å²) >= 11 is 1.23. The molecular weight excluding hydrogens is 324 g/mol. The van der Waals surface area contributed by atoms with Crippen LogP contribution in [0.3, 0.4) is 0 Å². The number of allylic oxidation sites excluding steroid dienone is 1. The first-order valence-electron chi connectivity index (χ1n) is 8.02. The van der Waals surface area contributed by atoms with E-state index in [9.17, 15) is 9.59 Å². The van der Waals surface area contributed by atoms with Crippen molar-refractivity contribution in [1.82, 2.24) is 9.55 Å². The van der Waals surface area contributed by atoms with Crippen LogP contribution in [0.1, 0.15) is 26.7 Å². The van der Waals surface area contributed by atoms with Crippen molar-refractivity contribution < 1.29 is 9.53 Å². The summed E-state index contributed by atoms with van der Waals surface area (Å²) in [6.07, 6.45) is 3.46. The number of ether oxygens (including phenoxy) is 1. The lowest BCUT2D eigenvalue weighted by Gasteiger charge is -2.15. The summed E-state index contributed by atoms with van der Waals surface area (Å²) in [6, 6.07) is 7.19. The molecule has 1 atom stereocenters. The quantitative estimate of drug-likeness (QED) is 0.241. The summed E-state index contributed by atoms with van der Waals surface area (Å²) in [7, 11) is 0. The molecule has 5 nitrogen and oxygen atoms in total. The van der Waals surface area contributed by atoms with Crippen molar-refractivity contribution in [1.29, 1.82) is 0 Å². The van der Waals surface area contributed by atoms with Gasteiger partial charge in [0.2, 0.25) is 0 Å². The zero-order valence-corrected chi connectivity index (χ0v) is 14.8. The van der Waals surface area contributed by atoms with Gasteiger partial charge >= 0.3 is 5.97 Å². The Bertz CT molecular complexity index is 785. The molecule has 1 unspecified atom stereocenters. The van der Waals surface area contributed by atoms with Crippen LogP contribution < -0.4 is 5.56 Å². The van der Waals surface area contributed by atoms with Crippen LogP contribution >= 0.6 is 11.8 Å². The molecule has 2 rings (SSSR count). The average Bonchev–Trinajstić information content (AvgIpc) is 2.58. The van der Waals surface area contributed by atoms with E-state index in [2.05, 4.69) is 11.6 Å². The summed E-state index contributed by atoms with van der Waals surface area (Å²) in [6.45, 7) is 8.26. The zero-order valence-electron chi connectivity index (χ0n) is 14.0. The molecule has 0 saturated heterocycles. The highest BCUT2D eigenvalue weighted by molar-refractivity contribution is 8.00. The number of esters is 1. The molecule has 0 saturated carbocycles. The van der Waals surface area contributed by atoms with Gasteiger partial charge in [-0.25, -0.2) is 4.98 Å². The molecule has 0 bridgehead atoms. The van der Waals surface area contributed by atoms with Gasteiger partial charge in [-0.3, -0.25) is 14.2 Å². The van der Waals surface area contributed by atoms with Crippen LogP contribution in [0.15, 0.2) is 46.9 Å². The summed E-state index contributed by atoms with van der Waals surface area (Å²) in [5, 5.41) is 0.617. The molecular formula is C18H22N2O3S. The van der Waals surface area contributed by atoms with Crippen molar-refractivity contribution in [2.75, 3.05) is 6.61 Å². The molecule has 0 spiro atoms. The fourth-order valence-corrected chi connectivity index (χ4v) is 3.08. The van der Waals surface area contributed by atoms with Gasteiger partial charge in [0.05, 0.1) is 17.5 Å². The normalized spacial score (nSPS) is 12.1. The van der Waals surface area contributed by atoms with Gasteiger partial charge in [-0.2, -0.15) is 0 Å². The van der Waals surface area contributed by atoms with E-state index in [0.29, 0.717) is 29.2 Å². The second kappa shape index (κ2) is 8.68. The number of hydrogen-bond donors (Lipinski definition) is 0. The second-order valence-corrected chi connectivity index (χ2v) is 6.71. The molecule has 0 aliphatic carbocycles. The topological polar surface area (TPSA) is 61.2 Å². The second-order valence-electron chi connectivity index (χ2n) is 5.40. The minimum atomic E-state index is -0.439. The summed E-state index contributed by atoms with van der Waals surface area (Å²) in [4.78, 5) is 29.3. The number of benzene rings is 1. The van der Waals surface area contributed by atoms with Gasteiger partial charge in [-0.15, -0.1) is 6.58 Å². The average molecular weight is 346 g/mol. The fourth-order valence-electron chi connectivity index (χ4n) is 2.17. The number of carbonyl (C=O) groups is 1. The lowest BCUT2D eigenvalue weighted by molar-refractivity contribution is -0.142. The zero-order chi connectivity index (χ0) is 17.5. The SMILES string of the molecule is C=CCn1c(SC(C)C(=O)OCCCC)nc2ccccc2c1=O. The maximum Gasteiger partial charge on any atom is 0.319 e. The molecule has 0 N–H and O–H groups in total. The first kappa shape index (κ1) is 18.3. The Balaban J connectivity index is 2.29. The summed E-state index contributed by atoms with van der Waals surface area (Å²) in [5.41, 5.74) is 0.492. The van der Waals surface area contributed by atoms with Gasteiger partial charge in [0.15, 0.2) is 5.16 Å². The number of aromatic nitrogens is 2. The van der Waals surface area contributed by atoms with Crippen LogP contribution in [0.2, 0.25) is 0 Å². The van der Waals surface area contributed by atoms with Crippen molar-refractivity contribution >= 4 is 28.6 Å². The van der Waals surface area contributed by atoms with E-state index in [1.807, 2.05) is 19.1 Å². The molecule has 6 heteroatoms. The number of para-hydroxylation sites is 1. The minimum Gasteiger partial charge on any atom is -0.465 e. The molecule has 0 radical (unpaired) electrons. The largest absolute Gasteiger partial charge is 0.465 e. The van der Waals surface area contributed by atoms with E-state index in [4.69, 9.17) is 4.74 Å². The molecule has 2 aromatic rings. The number of carbonyl (C=O) groups excluding carboxylic acids is 1. The number of nitrogens with zero attached hydrogens (tertiary/aromatic N) is 2. The smallest absolute Gasteiger partial charge is 0.319 e. The Labute approximate surface area is 145 Å². The highest BCUT2D eigenvalue weighted by Gasteiger charge is 2.20. The van der Waals surface area contributed by atoms with Gasteiger partial charge in [0, 0.05) is 6.54 Å². The Morgan fingerprint density at radius 1 is 1.46 bits per heavy atom. The third-order valence-electron chi connectivity index (χ3n) is 3.49. The maximum atomic E-state index is 12.6. The van der Waals surface area contributed by atoms with E-state index < -0.39 is 5.25 Å². The van der Waals surface area contributed by atoms with Crippen LogP contribution in [-0.2, 0) is 16.1 Å². The van der Waals surface area contributed by atoms with Gasteiger partial charge in [0.25, 0.3) is 5.56 Å². The highest BCUT2D eigenvalue weighted by Crippen LogP contribution is 2.23. The van der Waals surface area contributed by atoms with E-state index in [-0.39, 0.29) is 11.5 Å². The minimum absolute atomic E-state index is 0.130. The maximum absolute atomic E-state index is 12.6. The molecule has 0 aliphatic heterocycles. The van der Waals surface area contributed by atoms with E-state index >= 15 is 0 Å². The van der Waals surface area contributed by atoms with Crippen LogP contribution in [0, 0.1) is 0 Å². The third kappa shape index (κ3) is 4.26. The van der Waals surface area contributed by atoms with E-state index in [1.165, 1.54) is 16.3 Å². The van der Waals surface area contributed by atoms with E-state index in [0.717, 1.165) is 12.8 Å². The summed E-state index contributed by atoms with van der Waals surface area (Å²) < 4.78 is 6.78. The molecule has 1 aromatic heterocycles. The molecule has 24 heavy (non-hydrogen) atoms. The number of unbranched alkanes of at least 4 members (excludes halogenated alkanes) is 1. The Morgan fingerprint density at radius 3 is 2.92 bits per heavy atom. The molecule has 0 fully saturated rings. The van der Waals surface area contributed by atoms with Gasteiger partial charge in [-0.05, 0) is 25.5 Å². The van der Waals surface area contributed by atoms with Crippen LogP contribution in [-0.4, -0.2) is 27.4 Å². The lowest BCUT2D eigenvalue weighted by Crippen LogP contribution is -2.25. The number of hydrogen-bond acceptors (Lipinski definition) is 5. The molecule has 0 amide bonds. The monoisotopic (exact) mass is 346 g/mol. The van der Waals surface area contributed by atoms with E-state index in [1.54, 1.807) is 25.1 Å². The Hall–Kier alpha value is -2.08. The Morgan fingerprint density at radius 2 is 2.21 bits per heavy atom. The standard InChI is InChI=1S/C18H22N2O3S/c1-4-6-12-23-17(22)13(3)24-18-19-15-10-8-7-9-14(15)16(21)20(18)11-5-2/h5,7-10,13H,2,4,6,11-12H2,1,3H3. The van der Waals surface area contributed by atoms with Gasteiger partial charge in [-0.1, -0.05) is 43.3 Å². The number of rotatable bonds is 8. The van der Waals surface area contributed by atoms with Crippen LogP contribution in [0.25, 0.3) is 10.9 Å². The van der Waals surface area contributed by atoms with Crippen molar-refractivity contribution in [3.63, 3.8) is 0 Å². The number of thioether (sulfide) groups is 1. The van der Waals surface area contributed by atoms with Crippen LogP contribution in [0.5, 0.6) is 0 Å². The Kier molecular flexibility index (Phi) is 6.61. The molecule has 1 heterocycles. The third-order valence-corrected chi connectivity index (χ3v) is 4.56. The van der Waals surface area contributed by atoms with Crippen molar-refractivity contribution in [2.45, 2.75) is 43.6 Å². The van der Waals surface area contributed by atoms with Gasteiger partial charge in [0.1, 0.15) is 5.25 Å². The fraction of sp³-hybridized carbons (Fsp3) is 0.389. The lowest BCUT2D eigenvalue weighted by atomic mass is 10.2. The number of fused-ring (bicyclic) bond motifs is 1. The molecule has 128 valence electrons. The van der Waals surface area contributed by atoms with Crippen molar-refractivity contribution in [3.8, 4) is 0 Å². The summed E-state index contributed by atoms with van der Waals surface area (Å²) in [5.74, 6) is -0.291. The molecule has 0 aliphatic rings. The predicted molar refractivity (Wildman–Crippen MR) is 97.4 cm³/mol. The van der Waals surface area contributed by atoms with Crippen LogP contribution in [0.4, 0.5) is 0 Å². The predicted octanol–water partition coefficient (Wildman–Crippen LogP) is 3.41. The highest BCUT2D eigenvalue weighted by atomic mass is 32.2. The van der Waals surface area contributed by atoms with Gasteiger partial charge < -0.3 is 4.74 Å². The first-order valence-corrected chi connectivity index (χ1v) is 8.90. The molecule has 1 aromatic carbocycles. The van der Waals surface area contributed by atoms with Crippen molar-refractivity contribution in [3.05, 3.63) is 47.3 Å². The first-order chi connectivity index (χ1) is 11.6. The van der Waals surface area contributed by atoms with Crippen molar-refractivity contribution in [2.24, 2.45) is 0 Å².